The number of nitrogens with zero attached hydrogens (tertiary/aromatic N) is 1. The largest absolute Gasteiger partial charge is 0.389 e. The van der Waals surface area contributed by atoms with Gasteiger partial charge in [0, 0.05) is 18.4 Å². The molecule has 0 heterocycles. The van der Waals surface area contributed by atoms with Gasteiger partial charge in [-0.05, 0) is 37.1 Å². The molecule has 0 spiro atoms. The van der Waals surface area contributed by atoms with Crippen LogP contribution in [0.2, 0.25) is 0 Å². The highest BCUT2D eigenvalue weighted by Crippen LogP contribution is 2.10. The van der Waals surface area contributed by atoms with Crippen molar-refractivity contribution in [2.45, 2.75) is 13.3 Å². The first-order chi connectivity index (χ1) is 11.6. The number of hydrogen-bond donors (Lipinski definition) is 2. The highest BCUT2D eigenvalue weighted by molar-refractivity contribution is 6.06. The minimum absolute atomic E-state index is 0.0379. The molecule has 0 atom stereocenters. The Morgan fingerprint density at radius 2 is 1.92 bits per heavy atom. The number of nitrogens with one attached hydrogen (secondary N) is 2. The van der Waals surface area contributed by atoms with Gasteiger partial charge in [-0.2, -0.15) is 5.26 Å². The van der Waals surface area contributed by atoms with Gasteiger partial charge in [-0.25, -0.2) is 4.39 Å². The second-order valence-electron chi connectivity index (χ2n) is 5.29. The highest BCUT2D eigenvalue weighted by Gasteiger charge is 2.09. The van der Waals surface area contributed by atoms with Gasteiger partial charge in [-0.3, -0.25) is 4.79 Å². The topological polar surface area (TPSA) is 64.9 Å². The van der Waals surface area contributed by atoms with Gasteiger partial charge in [0.1, 0.15) is 17.5 Å². The first-order valence-corrected chi connectivity index (χ1v) is 7.55. The number of aryl methyl sites for hydroxylation is 1. The van der Waals surface area contributed by atoms with Crippen LogP contribution in [-0.2, 0) is 11.2 Å². The van der Waals surface area contributed by atoms with E-state index in [1.807, 2.05) is 25.1 Å². The van der Waals surface area contributed by atoms with Crippen molar-refractivity contribution in [1.82, 2.24) is 5.32 Å². The van der Waals surface area contributed by atoms with Crippen LogP contribution in [0.1, 0.15) is 11.1 Å². The van der Waals surface area contributed by atoms with Gasteiger partial charge in [0.25, 0.3) is 5.91 Å². The maximum Gasteiger partial charge on any atom is 0.267 e. The summed E-state index contributed by atoms with van der Waals surface area (Å²) in [5, 5.41) is 14.6. The quantitative estimate of drug-likeness (QED) is 0.487. The molecule has 1 amide bonds. The van der Waals surface area contributed by atoms with Crippen molar-refractivity contribution in [2.24, 2.45) is 0 Å². The van der Waals surface area contributed by atoms with Crippen molar-refractivity contribution in [3.8, 4) is 6.07 Å². The Morgan fingerprint density at radius 3 is 2.58 bits per heavy atom. The number of rotatable bonds is 6. The molecular weight excluding hydrogens is 305 g/mol. The first-order valence-electron chi connectivity index (χ1n) is 7.55. The number of benzene rings is 2. The normalized spacial score (nSPS) is 10.8. The maximum absolute atomic E-state index is 13.5. The summed E-state index contributed by atoms with van der Waals surface area (Å²) in [4.78, 5) is 12.0. The average Bonchev–Trinajstić information content (AvgIpc) is 2.58. The fourth-order valence-corrected chi connectivity index (χ4v) is 2.07. The van der Waals surface area contributed by atoms with Crippen molar-refractivity contribution >= 4 is 11.6 Å². The molecule has 2 N–H and O–H groups in total. The van der Waals surface area contributed by atoms with Crippen molar-refractivity contribution < 1.29 is 9.18 Å². The fourth-order valence-electron chi connectivity index (χ4n) is 2.07. The molecule has 0 saturated carbocycles. The fraction of sp³-hybridized carbons (Fsp3) is 0.158. The van der Waals surface area contributed by atoms with Crippen LogP contribution in [0.4, 0.5) is 10.1 Å². The average molecular weight is 323 g/mol. The molecule has 0 aliphatic carbocycles. The Balaban J connectivity index is 1.89. The zero-order chi connectivity index (χ0) is 17.4. The van der Waals surface area contributed by atoms with E-state index in [1.54, 1.807) is 30.3 Å². The number of halogens is 1. The Bertz CT molecular complexity index is 776. The van der Waals surface area contributed by atoms with E-state index in [-0.39, 0.29) is 11.4 Å². The lowest BCUT2D eigenvalue weighted by molar-refractivity contribution is -0.112. The summed E-state index contributed by atoms with van der Waals surface area (Å²) in [7, 11) is 0. The molecule has 0 aromatic heterocycles. The van der Waals surface area contributed by atoms with Gasteiger partial charge < -0.3 is 10.6 Å². The van der Waals surface area contributed by atoms with E-state index >= 15 is 0 Å². The van der Waals surface area contributed by atoms with E-state index in [2.05, 4.69) is 10.6 Å². The van der Waals surface area contributed by atoms with Crippen LogP contribution in [0.15, 0.2) is 60.3 Å². The Labute approximate surface area is 140 Å². The first kappa shape index (κ1) is 17.2. The van der Waals surface area contributed by atoms with E-state index in [0.29, 0.717) is 24.2 Å². The van der Waals surface area contributed by atoms with Crippen molar-refractivity contribution in [3.05, 3.63) is 77.2 Å². The van der Waals surface area contributed by atoms with Gasteiger partial charge >= 0.3 is 0 Å². The summed E-state index contributed by atoms with van der Waals surface area (Å²) >= 11 is 0. The Morgan fingerprint density at radius 1 is 1.21 bits per heavy atom. The molecule has 5 heteroatoms. The maximum atomic E-state index is 13.5. The predicted octanol–water partition coefficient (Wildman–Crippen LogP) is 3.31. The van der Waals surface area contributed by atoms with E-state index in [0.717, 1.165) is 5.56 Å². The summed E-state index contributed by atoms with van der Waals surface area (Å²) in [6.07, 6.45) is 1.81. The molecule has 4 nitrogen and oxygen atoms in total. The molecule has 24 heavy (non-hydrogen) atoms. The van der Waals surface area contributed by atoms with Crippen LogP contribution in [0, 0.1) is 24.1 Å². The van der Waals surface area contributed by atoms with Crippen LogP contribution >= 0.6 is 0 Å². The molecule has 2 aromatic rings. The van der Waals surface area contributed by atoms with Gasteiger partial charge in [0.2, 0.25) is 0 Å². The highest BCUT2D eigenvalue weighted by atomic mass is 19.1. The Hall–Kier alpha value is -3.13. The molecule has 0 fully saturated rings. The summed E-state index contributed by atoms with van der Waals surface area (Å²) in [5.74, 6) is -0.749. The number of hydrogen-bond acceptors (Lipinski definition) is 3. The Kier molecular flexibility index (Phi) is 6.09. The van der Waals surface area contributed by atoms with Gasteiger partial charge in [-0.15, -0.1) is 0 Å². The minimum atomic E-state index is -0.486. The third kappa shape index (κ3) is 4.96. The molecular formula is C19H18FN3O. The third-order valence-electron chi connectivity index (χ3n) is 3.42. The van der Waals surface area contributed by atoms with E-state index in [4.69, 9.17) is 5.26 Å². The van der Waals surface area contributed by atoms with E-state index in [9.17, 15) is 9.18 Å². The van der Waals surface area contributed by atoms with E-state index < -0.39 is 5.91 Å². The monoisotopic (exact) mass is 323 g/mol. The molecule has 0 saturated heterocycles. The molecule has 0 aliphatic heterocycles. The lowest BCUT2D eigenvalue weighted by atomic mass is 10.1. The van der Waals surface area contributed by atoms with Crippen molar-refractivity contribution in [2.75, 3.05) is 11.9 Å². The number of nitriles is 1. The number of amides is 1. The third-order valence-corrected chi connectivity index (χ3v) is 3.42. The summed E-state index contributed by atoms with van der Waals surface area (Å²) in [6.45, 7) is 2.37. The lowest BCUT2D eigenvalue weighted by Gasteiger charge is -2.06. The summed E-state index contributed by atoms with van der Waals surface area (Å²) in [6, 6.07) is 15.7. The smallest absolute Gasteiger partial charge is 0.267 e. The lowest BCUT2D eigenvalue weighted by Crippen LogP contribution is -2.18. The number of anilines is 1. The zero-order valence-corrected chi connectivity index (χ0v) is 13.3. The minimum Gasteiger partial charge on any atom is -0.389 e. The molecule has 0 unspecified atom stereocenters. The molecule has 122 valence electrons. The van der Waals surface area contributed by atoms with Gasteiger partial charge in [0.15, 0.2) is 0 Å². The summed E-state index contributed by atoms with van der Waals surface area (Å²) in [5.41, 5.74) is 2.25. The van der Waals surface area contributed by atoms with Crippen LogP contribution in [0.5, 0.6) is 0 Å². The van der Waals surface area contributed by atoms with Crippen LogP contribution in [0.3, 0.4) is 0 Å². The SMILES string of the molecule is Cc1ccc(NC(=O)/C(C#N)=C\NCCc2ccccc2F)cc1. The van der Waals surface area contributed by atoms with Crippen molar-refractivity contribution in [1.29, 1.82) is 5.26 Å². The van der Waals surface area contributed by atoms with Crippen LogP contribution in [0.25, 0.3) is 0 Å². The second kappa shape index (κ2) is 8.49. The van der Waals surface area contributed by atoms with Crippen LogP contribution in [-0.4, -0.2) is 12.5 Å². The molecule has 0 aliphatic rings. The standard InChI is InChI=1S/C19H18FN3O/c1-14-6-8-17(9-7-14)23-19(24)16(12-21)13-22-11-10-15-4-2-3-5-18(15)20/h2-9,13,22H,10-11H2,1H3,(H,23,24)/b16-13-. The van der Waals surface area contributed by atoms with E-state index in [1.165, 1.54) is 12.3 Å². The summed E-state index contributed by atoms with van der Waals surface area (Å²) < 4.78 is 13.5. The second-order valence-corrected chi connectivity index (χ2v) is 5.29. The van der Waals surface area contributed by atoms with Gasteiger partial charge in [0.05, 0.1) is 0 Å². The molecule has 0 bridgehead atoms. The predicted molar refractivity (Wildman–Crippen MR) is 91.6 cm³/mol. The molecule has 2 rings (SSSR count). The number of carbonyl (C=O) groups is 1. The zero-order valence-electron chi connectivity index (χ0n) is 13.3. The number of carbonyl (C=O) groups excluding carboxylic acids is 1. The van der Waals surface area contributed by atoms with Crippen LogP contribution < -0.4 is 10.6 Å². The molecule has 2 aromatic carbocycles. The molecule has 0 radical (unpaired) electrons. The van der Waals surface area contributed by atoms with Gasteiger partial charge in [-0.1, -0.05) is 35.9 Å². The van der Waals surface area contributed by atoms with Crippen molar-refractivity contribution in [3.63, 3.8) is 0 Å².